The first kappa shape index (κ1) is 12.7. The first-order valence-electron chi connectivity index (χ1n) is 5.99. The van der Waals surface area contributed by atoms with Crippen LogP contribution in [0.2, 0.25) is 0 Å². The number of carbonyl (C=O) groups is 1. The zero-order valence-corrected chi connectivity index (χ0v) is 10.1. The molecule has 1 aromatic rings. The van der Waals surface area contributed by atoms with Crippen LogP contribution in [0.4, 0.5) is 0 Å². The minimum absolute atomic E-state index is 0.349. The molecule has 4 heteroatoms. The van der Waals surface area contributed by atoms with Gasteiger partial charge in [0.2, 0.25) is 0 Å². The fourth-order valence-corrected chi connectivity index (χ4v) is 1.54. The number of nitrogens with one attached hydrogen (secondary N) is 1. The Morgan fingerprint density at radius 3 is 2.88 bits per heavy atom. The number of hydrogen-bond donors (Lipinski definition) is 1. The number of aromatic amines is 1. The third kappa shape index (κ3) is 4.04. The molecular formula is C12H20N2O2. The Bertz CT molecular complexity index is 321. The molecule has 1 heterocycles. The third-order valence-corrected chi connectivity index (χ3v) is 2.42. The van der Waals surface area contributed by atoms with Crippen LogP contribution >= 0.6 is 0 Å². The van der Waals surface area contributed by atoms with Crippen molar-refractivity contribution in [2.24, 2.45) is 0 Å². The highest BCUT2D eigenvalue weighted by Gasteiger charge is 2.10. The van der Waals surface area contributed by atoms with Gasteiger partial charge in [0.1, 0.15) is 0 Å². The Morgan fingerprint density at radius 1 is 1.38 bits per heavy atom. The van der Waals surface area contributed by atoms with Gasteiger partial charge in [0.25, 0.3) is 0 Å². The van der Waals surface area contributed by atoms with Crippen molar-refractivity contribution in [2.75, 3.05) is 6.61 Å². The molecule has 0 atom stereocenters. The molecule has 0 aliphatic heterocycles. The van der Waals surface area contributed by atoms with Gasteiger partial charge in [-0.25, -0.2) is 4.79 Å². The summed E-state index contributed by atoms with van der Waals surface area (Å²) in [5, 5.41) is 6.81. The first-order chi connectivity index (χ1) is 7.77. The molecule has 0 radical (unpaired) electrons. The number of ether oxygens (including phenoxy) is 1. The van der Waals surface area contributed by atoms with Crippen molar-refractivity contribution >= 4 is 5.97 Å². The normalized spacial score (nSPS) is 10.4. The molecule has 0 aliphatic rings. The average Bonchev–Trinajstić information content (AvgIpc) is 2.73. The van der Waals surface area contributed by atoms with Crippen LogP contribution in [-0.4, -0.2) is 22.8 Å². The molecule has 0 unspecified atom stereocenters. The van der Waals surface area contributed by atoms with Gasteiger partial charge in [0.05, 0.1) is 6.61 Å². The van der Waals surface area contributed by atoms with E-state index in [1.165, 1.54) is 19.3 Å². The number of aromatic nitrogens is 2. The summed E-state index contributed by atoms with van der Waals surface area (Å²) in [5.41, 5.74) is 1.39. The SMILES string of the molecule is CCCCCCc1cc(C(=O)OCC)n[nH]1. The molecule has 4 nitrogen and oxygen atoms in total. The third-order valence-electron chi connectivity index (χ3n) is 2.42. The molecule has 0 aromatic carbocycles. The van der Waals surface area contributed by atoms with E-state index in [0.29, 0.717) is 12.3 Å². The monoisotopic (exact) mass is 224 g/mol. The van der Waals surface area contributed by atoms with E-state index in [-0.39, 0.29) is 5.97 Å². The lowest BCUT2D eigenvalue weighted by Gasteiger charge is -1.96. The number of H-pyrrole nitrogens is 1. The number of nitrogens with zero attached hydrogens (tertiary/aromatic N) is 1. The maximum absolute atomic E-state index is 11.3. The largest absolute Gasteiger partial charge is 0.461 e. The molecule has 0 fully saturated rings. The minimum atomic E-state index is -0.349. The van der Waals surface area contributed by atoms with E-state index in [4.69, 9.17) is 4.74 Å². The van der Waals surface area contributed by atoms with E-state index in [1.807, 2.05) is 0 Å². The highest BCUT2D eigenvalue weighted by molar-refractivity contribution is 5.87. The molecule has 0 amide bonds. The molecule has 1 aromatic heterocycles. The van der Waals surface area contributed by atoms with Crippen LogP contribution in [0, 0.1) is 0 Å². The van der Waals surface area contributed by atoms with Crippen molar-refractivity contribution in [1.82, 2.24) is 10.2 Å². The fraction of sp³-hybridized carbons (Fsp3) is 0.667. The smallest absolute Gasteiger partial charge is 0.358 e. The molecule has 0 saturated heterocycles. The summed E-state index contributed by atoms with van der Waals surface area (Å²) in [6, 6.07) is 1.78. The number of rotatable bonds is 7. The zero-order valence-electron chi connectivity index (χ0n) is 10.1. The average molecular weight is 224 g/mol. The number of hydrogen-bond acceptors (Lipinski definition) is 3. The number of carbonyl (C=O) groups excluding carboxylic acids is 1. The highest BCUT2D eigenvalue weighted by atomic mass is 16.5. The van der Waals surface area contributed by atoms with Gasteiger partial charge in [0, 0.05) is 5.69 Å². The predicted molar refractivity (Wildman–Crippen MR) is 62.4 cm³/mol. The van der Waals surface area contributed by atoms with Gasteiger partial charge in [-0.2, -0.15) is 5.10 Å². The molecule has 0 bridgehead atoms. The van der Waals surface area contributed by atoms with Crippen molar-refractivity contribution in [1.29, 1.82) is 0 Å². The van der Waals surface area contributed by atoms with Gasteiger partial charge in [0.15, 0.2) is 5.69 Å². The number of esters is 1. The Balaban J connectivity index is 2.36. The molecule has 0 saturated carbocycles. The topological polar surface area (TPSA) is 55.0 Å². The molecule has 16 heavy (non-hydrogen) atoms. The Hall–Kier alpha value is -1.32. The van der Waals surface area contributed by atoms with Crippen LogP contribution in [0.3, 0.4) is 0 Å². The summed E-state index contributed by atoms with van der Waals surface area (Å²) in [6.45, 7) is 4.36. The Morgan fingerprint density at radius 2 is 2.19 bits per heavy atom. The van der Waals surface area contributed by atoms with Crippen LogP contribution in [0.25, 0.3) is 0 Å². The van der Waals surface area contributed by atoms with E-state index < -0.39 is 0 Å². The zero-order chi connectivity index (χ0) is 11.8. The van der Waals surface area contributed by atoms with E-state index >= 15 is 0 Å². The van der Waals surface area contributed by atoms with Crippen LogP contribution < -0.4 is 0 Å². The molecule has 0 aliphatic carbocycles. The lowest BCUT2D eigenvalue weighted by molar-refractivity contribution is 0.0519. The number of unbranched alkanes of at least 4 members (excludes halogenated alkanes) is 3. The Labute approximate surface area is 96.4 Å². The summed E-state index contributed by atoms with van der Waals surface area (Å²) in [5.74, 6) is -0.349. The van der Waals surface area contributed by atoms with Gasteiger partial charge < -0.3 is 4.74 Å². The van der Waals surface area contributed by atoms with E-state index in [2.05, 4.69) is 17.1 Å². The van der Waals surface area contributed by atoms with Crippen molar-refractivity contribution < 1.29 is 9.53 Å². The van der Waals surface area contributed by atoms with Gasteiger partial charge in [-0.3, -0.25) is 5.10 Å². The first-order valence-corrected chi connectivity index (χ1v) is 5.99. The molecular weight excluding hydrogens is 204 g/mol. The van der Waals surface area contributed by atoms with Crippen molar-refractivity contribution in [3.8, 4) is 0 Å². The van der Waals surface area contributed by atoms with Gasteiger partial charge in [-0.1, -0.05) is 26.2 Å². The van der Waals surface area contributed by atoms with Crippen LogP contribution in [-0.2, 0) is 11.2 Å². The van der Waals surface area contributed by atoms with E-state index in [9.17, 15) is 4.79 Å². The fourth-order valence-electron chi connectivity index (χ4n) is 1.54. The molecule has 1 N–H and O–H groups in total. The minimum Gasteiger partial charge on any atom is -0.461 e. The van der Waals surface area contributed by atoms with Crippen molar-refractivity contribution in [3.05, 3.63) is 17.5 Å². The van der Waals surface area contributed by atoms with Gasteiger partial charge >= 0.3 is 5.97 Å². The quantitative estimate of drug-likeness (QED) is 0.572. The van der Waals surface area contributed by atoms with Crippen LogP contribution in [0.1, 0.15) is 55.7 Å². The second-order valence-corrected chi connectivity index (χ2v) is 3.81. The second-order valence-electron chi connectivity index (χ2n) is 3.81. The summed E-state index contributed by atoms with van der Waals surface area (Å²) < 4.78 is 4.86. The second kappa shape index (κ2) is 7.04. The standard InChI is InChI=1S/C12H20N2O2/c1-3-5-6-7-8-10-9-11(14-13-10)12(15)16-4-2/h9H,3-8H2,1-2H3,(H,13,14). The van der Waals surface area contributed by atoms with E-state index in [0.717, 1.165) is 18.5 Å². The maximum atomic E-state index is 11.3. The van der Waals surface area contributed by atoms with Crippen LogP contribution in [0.5, 0.6) is 0 Å². The molecule has 90 valence electrons. The summed E-state index contributed by atoms with van der Waals surface area (Å²) in [7, 11) is 0. The number of aryl methyl sites for hydroxylation is 1. The summed E-state index contributed by atoms with van der Waals surface area (Å²) in [6.07, 6.45) is 5.81. The van der Waals surface area contributed by atoms with Crippen molar-refractivity contribution in [2.45, 2.75) is 46.0 Å². The lowest BCUT2D eigenvalue weighted by atomic mass is 10.1. The summed E-state index contributed by atoms with van der Waals surface area (Å²) >= 11 is 0. The van der Waals surface area contributed by atoms with Gasteiger partial charge in [-0.15, -0.1) is 0 Å². The maximum Gasteiger partial charge on any atom is 0.358 e. The Kier molecular flexibility index (Phi) is 5.61. The van der Waals surface area contributed by atoms with Crippen LogP contribution in [0.15, 0.2) is 6.07 Å². The lowest BCUT2D eigenvalue weighted by Crippen LogP contribution is -2.04. The van der Waals surface area contributed by atoms with Crippen molar-refractivity contribution in [3.63, 3.8) is 0 Å². The molecule has 1 rings (SSSR count). The predicted octanol–water partition coefficient (Wildman–Crippen LogP) is 2.71. The molecule has 0 spiro atoms. The highest BCUT2D eigenvalue weighted by Crippen LogP contribution is 2.07. The van der Waals surface area contributed by atoms with E-state index in [1.54, 1.807) is 13.0 Å². The summed E-state index contributed by atoms with van der Waals surface area (Å²) in [4.78, 5) is 11.3. The van der Waals surface area contributed by atoms with Gasteiger partial charge in [-0.05, 0) is 25.8 Å².